The molecule has 6 nitrogen and oxygen atoms in total. The van der Waals surface area contributed by atoms with Crippen LogP contribution in [-0.2, 0) is 6.42 Å². The van der Waals surface area contributed by atoms with E-state index < -0.39 is 0 Å². The lowest BCUT2D eigenvalue weighted by molar-refractivity contribution is 0.0691. The minimum atomic E-state index is 0.0460. The van der Waals surface area contributed by atoms with Gasteiger partial charge in [0.15, 0.2) is 5.17 Å². The van der Waals surface area contributed by atoms with Crippen molar-refractivity contribution in [1.82, 2.24) is 15.0 Å². The molecule has 1 atom stereocenters. The second-order valence-electron chi connectivity index (χ2n) is 5.74. The number of amidine groups is 1. The first-order valence-corrected chi connectivity index (χ1v) is 8.68. The van der Waals surface area contributed by atoms with Crippen molar-refractivity contribution in [3.05, 3.63) is 17.0 Å². The first-order chi connectivity index (χ1) is 10.6. The van der Waals surface area contributed by atoms with E-state index in [9.17, 15) is 4.79 Å². The summed E-state index contributed by atoms with van der Waals surface area (Å²) in [7, 11) is 0. The number of carbonyl (C=O) groups excluding carboxylic acids is 1. The van der Waals surface area contributed by atoms with E-state index in [1.807, 2.05) is 23.6 Å². The van der Waals surface area contributed by atoms with Crippen LogP contribution in [0, 0.1) is 6.92 Å². The van der Waals surface area contributed by atoms with E-state index in [-0.39, 0.29) is 5.91 Å². The van der Waals surface area contributed by atoms with E-state index >= 15 is 0 Å². The van der Waals surface area contributed by atoms with Gasteiger partial charge in [0.1, 0.15) is 11.3 Å². The van der Waals surface area contributed by atoms with E-state index in [0.717, 1.165) is 43.6 Å². The molecule has 3 heterocycles. The molecule has 1 fully saturated rings. The number of hydrogen-bond acceptors (Lipinski definition) is 6. The van der Waals surface area contributed by atoms with Crippen molar-refractivity contribution < 1.29 is 9.32 Å². The number of aromatic nitrogens is 1. The van der Waals surface area contributed by atoms with E-state index in [1.54, 1.807) is 6.92 Å². The molecular weight excluding hydrogens is 300 g/mol. The average molecular weight is 322 g/mol. The highest BCUT2D eigenvalue weighted by Gasteiger charge is 2.29. The summed E-state index contributed by atoms with van der Waals surface area (Å²) in [5, 5.41) is 5.69. The predicted molar refractivity (Wildman–Crippen MR) is 87.4 cm³/mol. The molecule has 0 aromatic carbocycles. The first kappa shape index (κ1) is 15.4. The minimum Gasteiger partial charge on any atom is -0.361 e. The Bertz CT molecular complexity index is 590. The van der Waals surface area contributed by atoms with Crippen molar-refractivity contribution in [2.75, 3.05) is 32.7 Å². The molecule has 1 amide bonds. The number of aliphatic imine (C=N–C) groups is 1. The van der Waals surface area contributed by atoms with Crippen LogP contribution in [0.1, 0.15) is 35.7 Å². The van der Waals surface area contributed by atoms with Gasteiger partial charge in [0.05, 0.1) is 12.2 Å². The van der Waals surface area contributed by atoms with Gasteiger partial charge in [0.25, 0.3) is 5.91 Å². The van der Waals surface area contributed by atoms with Crippen molar-refractivity contribution in [2.24, 2.45) is 4.99 Å². The van der Waals surface area contributed by atoms with Crippen LogP contribution in [-0.4, -0.2) is 64.0 Å². The van der Waals surface area contributed by atoms with E-state index in [1.165, 1.54) is 0 Å². The van der Waals surface area contributed by atoms with E-state index in [2.05, 4.69) is 22.0 Å². The Hall–Kier alpha value is -1.50. The fourth-order valence-electron chi connectivity index (χ4n) is 2.83. The number of thioether (sulfide) groups is 1. The minimum absolute atomic E-state index is 0.0460. The van der Waals surface area contributed by atoms with Crippen LogP contribution in [0.25, 0.3) is 0 Å². The van der Waals surface area contributed by atoms with Gasteiger partial charge < -0.3 is 14.3 Å². The molecule has 0 spiro atoms. The van der Waals surface area contributed by atoms with Gasteiger partial charge in [-0.2, -0.15) is 0 Å². The standard InChI is InChI=1S/C15H22N4O2S/c1-4-12-13(11(3)21-17-12)14(20)18-5-7-19(8-6-18)15-16-9-10(2)22-15/h10H,4-9H2,1-3H3/t10-/m0/s1. The molecule has 1 saturated heterocycles. The van der Waals surface area contributed by atoms with Gasteiger partial charge in [0.2, 0.25) is 0 Å². The van der Waals surface area contributed by atoms with Gasteiger partial charge in [-0.1, -0.05) is 30.8 Å². The maximum Gasteiger partial charge on any atom is 0.259 e. The summed E-state index contributed by atoms with van der Waals surface area (Å²) in [4.78, 5) is 21.5. The number of nitrogens with zero attached hydrogens (tertiary/aromatic N) is 4. The van der Waals surface area contributed by atoms with Crippen molar-refractivity contribution >= 4 is 22.8 Å². The van der Waals surface area contributed by atoms with Crippen LogP contribution >= 0.6 is 11.8 Å². The number of piperazine rings is 1. The molecule has 22 heavy (non-hydrogen) atoms. The SMILES string of the molecule is CCc1noc(C)c1C(=O)N1CCN(C2=NC[C@H](C)S2)CC1. The van der Waals surface area contributed by atoms with Crippen LogP contribution in [0.2, 0.25) is 0 Å². The van der Waals surface area contributed by atoms with Crippen molar-refractivity contribution in [1.29, 1.82) is 0 Å². The second kappa shape index (κ2) is 6.32. The topological polar surface area (TPSA) is 61.9 Å². The lowest BCUT2D eigenvalue weighted by atomic mass is 10.1. The number of aryl methyl sites for hydroxylation is 2. The molecule has 3 rings (SSSR count). The largest absolute Gasteiger partial charge is 0.361 e. The van der Waals surface area contributed by atoms with Crippen LogP contribution in [0.3, 0.4) is 0 Å². The monoisotopic (exact) mass is 322 g/mol. The fraction of sp³-hybridized carbons (Fsp3) is 0.667. The zero-order valence-corrected chi connectivity index (χ0v) is 14.2. The van der Waals surface area contributed by atoms with Gasteiger partial charge in [-0.05, 0) is 13.3 Å². The number of amides is 1. The Morgan fingerprint density at radius 2 is 2.09 bits per heavy atom. The number of hydrogen-bond donors (Lipinski definition) is 0. The normalized spacial score (nSPS) is 22.1. The number of carbonyl (C=O) groups is 1. The quantitative estimate of drug-likeness (QED) is 0.831. The average Bonchev–Trinajstić information content (AvgIpc) is 3.12. The Morgan fingerprint density at radius 3 is 2.68 bits per heavy atom. The zero-order valence-electron chi connectivity index (χ0n) is 13.3. The summed E-state index contributed by atoms with van der Waals surface area (Å²) in [5.74, 6) is 0.665. The summed E-state index contributed by atoms with van der Waals surface area (Å²) in [6, 6.07) is 0. The molecule has 2 aliphatic heterocycles. The molecule has 0 unspecified atom stereocenters. The highest BCUT2D eigenvalue weighted by atomic mass is 32.2. The number of rotatable bonds is 2. The molecule has 1 aromatic rings. The predicted octanol–water partition coefficient (Wildman–Crippen LogP) is 1.79. The van der Waals surface area contributed by atoms with Crippen molar-refractivity contribution in [2.45, 2.75) is 32.4 Å². The molecule has 0 bridgehead atoms. The molecule has 0 radical (unpaired) electrons. The molecule has 7 heteroatoms. The lowest BCUT2D eigenvalue weighted by Crippen LogP contribution is -2.50. The Labute approximate surface area is 134 Å². The summed E-state index contributed by atoms with van der Waals surface area (Å²) in [6.45, 7) is 10.0. The van der Waals surface area contributed by atoms with Crippen LogP contribution < -0.4 is 0 Å². The molecule has 1 aromatic heterocycles. The maximum atomic E-state index is 12.7. The molecule has 0 aliphatic carbocycles. The van der Waals surface area contributed by atoms with Crippen LogP contribution in [0.5, 0.6) is 0 Å². The molecule has 0 saturated carbocycles. The van der Waals surface area contributed by atoms with Gasteiger partial charge in [-0.15, -0.1) is 0 Å². The maximum absolute atomic E-state index is 12.7. The first-order valence-electron chi connectivity index (χ1n) is 7.80. The molecular formula is C15H22N4O2S. The van der Waals surface area contributed by atoms with Gasteiger partial charge >= 0.3 is 0 Å². The molecule has 120 valence electrons. The molecule has 0 N–H and O–H groups in total. The summed E-state index contributed by atoms with van der Waals surface area (Å²) < 4.78 is 5.18. The van der Waals surface area contributed by atoms with Crippen LogP contribution in [0.4, 0.5) is 0 Å². The molecule has 2 aliphatic rings. The summed E-state index contributed by atoms with van der Waals surface area (Å²) in [6.07, 6.45) is 0.712. The fourth-order valence-corrected chi connectivity index (χ4v) is 3.82. The van der Waals surface area contributed by atoms with E-state index in [4.69, 9.17) is 4.52 Å². The zero-order chi connectivity index (χ0) is 15.7. The van der Waals surface area contributed by atoms with Crippen LogP contribution in [0.15, 0.2) is 9.52 Å². The van der Waals surface area contributed by atoms with Gasteiger partial charge in [0, 0.05) is 31.4 Å². The third-order valence-corrected chi connectivity index (χ3v) is 5.26. The highest BCUT2D eigenvalue weighted by Crippen LogP contribution is 2.24. The smallest absolute Gasteiger partial charge is 0.259 e. The van der Waals surface area contributed by atoms with Gasteiger partial charge in [-0.25, -0.2) is 0 Å². The Balaban J connectivity index is 1.64. The third-order valence-electron chi connectivity index (χ3n) is 4.11. The van der Waals surface area contributed by atoms with Crippen molar-refractivity contribution in [3.8, 4) is 0 Å². The second-order valence-corrected chi connectivity index (χ2v) is 7.15. The van der Waals surface area contributed by atoms with Gasteiger partial charge in [-0.3, -0.25) is 9.79 Å². The summed E-state index contributed by atoms with van der Waals surface area (Å²) >= 11 is 1.84. The van der Waals surface area contributed by atoms with Crippen molar-refractivity contribution in [3.63, 3.8) is 0 Å². The Morgan fingerprint density at radius 1 is 1.36 bits per heavy atom. The highest BCUT2D eigenvalue weighted by molar-refractivity contribution is 8.14. The third kappa shape index (κ3) is 2.86. The summed E-state index contributed by atoms with van der Waals surface area (Å²) in [5.41, 5.74) is 1.41. The Kier molecular flexibility index (Phi) is 4.42. The lowest BCUT2D eigenvalue weighted by Gasteiger charge is -2.35. The van der Waals surface area contributed by atoms with E-state index in [0.29, 0.717) is 23.0 Å².